The molecule has 3 heteroatoms. The Morgan fingerprint density at radius 2 is 0.959 bits per heavy atom. The van der Waals surface area contributed by atoms with Crippen LogP contribution in [0.4, 0.5) is 17.1 Å². The smallest absolute Gasteiger partial charge is 0.135 e. The molecule has 0 N–H and O–H groups in total. The van der Waals surface area contributed by atoms with Gasteiger partial charge in [0, 0.05) is 44.3 Å². The van der Waals surface area contributed by atoms with Crippen molar-refractivity contribution < 1.29 is 4.42 Å². The molecule has 2 heterocycles. The number of hydrogen-bond donors (Lipinski definition) is 0. The zero-order valence-electron chi connectivity index (χ0n) is 26.6. The molecular weight excluding hydrogens is 597 g/mol. The van der Waals surface area contributed by atoms with Crippen LogP contribution in [0.1, 0.15) is 0 Å². The van der Waals surface area contributed by atoms with Crippen molar-refractivity contribution in [1.82, 2.24) is 4.57 Å². The molecule has 0 fully saturated rings. The molecule has 2 aromatic heterocycles. The topological polar surface area (TPSA) is 21.3 Å². The highest BCUT2D eigenvalue weighted by Crippen LogP contribution is 2.42. The van der Waals surface area contributed by atoms with Crippen molar-refractivity contribution in [2.24, 2.45) is 0 Å². The highest BCUT2D eigenvalue weighted by molar-refractivity contribution is 6.14. The predicted molar refractivity (Wildman–Crippen MR) is 206 cm³/mol. The van der Waals surface area contributed by atoms with Crippen LogP contribution in [-0.4, -0.2) is 4.57 Å². The Morgan fingerprint density at radius 1 is 0.367 bits per heavy atom. The third kappa shape index (κ3) is 4.51. The minimum absolute atomic E-state index is 0.885. The average Bonchev–Trinajstić information content (AvgIpc) is 3.69. The van der Waals surface area contributed by atoms with E-state index in [0.29, 0.717) is 0 Å². The molecule has 0 aliphatic heterocycles. The second kappa shape index (κ2) is 11.0. The molecule has 0 spiro atoms. The van der Waals surface area contributed by atoms with Crippen LogP contribution < -0.4 is 4.90 Å². The van der Waals surface area contributed by atoms with Gasteiger partial charge in [0.25, 0.3) is 0 Å². The molecule has 0 amide bonds. The van der Waals surface area contributed by atoms with Gasteiger partial charge in [0.15, 0.2) is 0 Å². The Labute approximate surface area is 283 Å². The highest BCUT2D eigenvalue weighted by Gasteiger charge is 2.19. The van der Waals surface area contributed by atoms with Crippen LogP contribution in [0.25, 0.3) is 71.3 Å². The Bertz CT molecular complexity index is 2810. The van der Waals surface area contributed by atoms with Crippen molar-refractivity contribution in [3.63, 3.8) is 0 Å². The van der Waals surface area contributed by atoms with E-state index in [2.05, 4.69) is 179 Å². The fourth-order valence-corrected chi connectivity index (χ4v) is 7.42. The third-order valence-electron chi connectivity index (χ3n) is 9.74. The van der Waals surface area contributed by atoms with Gasteiger partial charge in [0.05, 0.1) is 11.0 Å². The normalized spacial score (nSPS) is 11.7. The summed E-state index contributed by atoms with van der Waals surface area (Å²) in [7, 11) is 0. The lowest BCUT2D eigenvalue weighted by Gasteiger charge is -2.26. The minimum atomic E-state index is 0.885. The molecule has 8 aromatic carbocycles. The number of hydrogen-bond acceptors (Lipinski definition) is 2. The van der Waals surface area contributed by atoms with Gasteiger partial charge in [-0.1, -0.05) is 109 Å². The molecule has 0 unspecified atom stereocenters. The Balaban J connectivity index is 1.22. The summed E-state index contributed by atoms with van der Waals surface area (Å²) in [4.78, 5) is 2.36. The van der Waals surface area contributed by atoms with Crippen LogP contribution in [0.5, 0.6) is 0 Å². The number of nitrogens with zero attached hydrogens (tertiary/aromatic N) is 2. The second-order valence-electron chi connectivity index (χ2n) is 12.6. The lowest BCUT2D eigenvalue weighted by molar-refractivity contribution is 0.669. The zero-order valence-corrected chi connectivity index (χ0v) is 26.6. The van der Waals surface area contributed by atoms with Crippen molar-refractivity contribution in [3.05, 3.63) is 182 Å². The van der Waals surface area contributed by atoms with Gasteiger partial charge in [-0.3, -0.25) is 0 Å². The molecular formula is C46H30N2O. The second-order valence-corrected chi connectivity index (χ2v) is 12.6. The average molecular weight is 627 g/mol. The van der Waals surface area contributed by atoms with Crippen molar-refractivity contribution in [3.8, 4) is 16.8 Å². The minimum Gasteiger partial charge on any atom is -0.456 e. The number of aromatic nitrogens is 1. The van der Waals surface area contributed by atoms with Crippen LogP contribution in [0, 0.1) is 0 Å². The van der Waals surface area contributed by atoms with Gasteiger partial charge in [-0.15, -0.1) is 0 Å². The SMILES string of the molecule is c1ccc(-c2ccc(N(c3ccc4oc5ccccc5c4c3)c3ccc4c5cc6ccccc6cc5n(-c5ccccc5)c4c3)cc2)cc1. The first kappa shape index (κ1) is 27.5. The number of rotatable bonds is 5. The first-order chi connectivity index (χ1) is 24.3. The molecule has 10 rings (SSSR count). The number of anilines is 3. The van der Waals surface area contributed by atoms with Crippen LogP contribution in [0.15, 0.2) is 186 Å². The molecule has 3 nitrogen and oxygen atoms in total. The van der Waals surface area contributed by atoms with Crippen molar-refractivity contribution in [2.75, 3.05) is 4.90 Å². The maximum atomic E-state index is 6.23. The maximum Gasteiger partial charge on any atom is 0.135 e. The third-order valence-corrected chi connectivity index (χ3v) is 9.74. The first-order valence-electron chi connectivity index (χ1n) is 16.7. The van der Waals surface area contributed by atoms with Crippen LogP contribution in [0.3, 0.4) is 0 Å². The number of benzene rings is 8. The quantitative estimate of drug-likeness (QED) is 0.190. The van der Waals surface area contributed by atoms with E-state index in [0.717, 1.165) is 50.2 Å². The monoisotopic (exact) mass is 626 g/mol. The molecule has 0 aliphatic rings. The standard InChI is InChI=1S/C46H30N2O/c1-3-11-31(12-4-1)32-19-21-36(22-20-32)47(37-24-26-46-42(29-37)40-17-9-10-18-45(40)49-46)38-23-25-39-41-27-33-13-7-8-14-34(33)28-43(41)48(44(39)30-38)35-15-5-2-6-16-35/h1-30H. The number of para-hydroxylation sites is 2. The van der Waals surface area contributed by atoms with Gasteiger partial charge in [0.1, 0.15) is 11.2 Å². The number of fused-ring (bicyclic) bond motifs is 7. The molecule has 0 saturated carbocycles. The van der Waals surface area contributed by atoms with Crippen LogP contribution in [-0.2, 0) is 0 Å². The summed E-state index contributed by atoms with van der Waals surface area (Å²) in [6.45, 7) is 0. The van der Waals surface area contributed by atoms with Crippen molar-refractivity contribution in [1.29, 1.82) is 0 Å². The van der Waals surface area contributed by atoms with Gasteiger partial charge in [-0.05, 0) is 94.7 Å². The van der Waals surface area contributed by atoms with E-state index in [1.165, 1.54) is 38.2 Å². The molecule has 0 aliphatic carbocycles. The molecule has 49 heavy (non-hydrogen) atoms. The van der Waals surface area contributed by atoms with Gasteiger partial charge < -0.3 is 13.9 Å². The van der Waals surface area contributed by atoms with E-state index in [4.69, 9.17) is 4.42 Å². The Hall–Kier alpha value is -6.58. The predicted octanol–water partition coefficient (Wildman–Crippen LogP) is 13.0. The fourth-order valence-electron chi connectivity index (χ4n) is 7.42. The van der Waals surface area contributed by atoms with Gasteiger partial charge in [0.2, 0.25) is 0 Å². The first-order valence-corrected chi connectivity index (χ1v) is 16.7. The maximum absolute atomic E-state index is 6.23. The molecule has 0 bridgehead atoms. The van der Waals surface area contributed by atoms with E-state index in [1.807, 2.05) is 12.1 Å². The lowest BCUT2D eigenvalue weighted by atomic mass is 10.0. The van der Waals surface area contributed by atoms with E-state index in [-0.39, 0.29) is 0 Å². The van der Waals surface area contributed by atoms with Crippen LogP contribution in [0.2, 0.25) is 0 Å². The summed E-state index contributed by atoms with van der Waals surface area (Å²) >= 11 is 0. The summed E-state index contributed by atoms with van der Waals surface area (Å²) in [5.74, 6) is 0. The van der Waals surface area contributed by atoms with Gasteiger partial charge in [-0.2, -0.15) is 0 Å². The van der Waals surface area contributed by atoms with Gasteiger partial charge in [-0.25, -0.2) is 0 Å². The van der Waals surface area contributed by atoms with E-state index in [9.17, 15) is 0 Å². The van der Waals surface area contributed by atoms with Crippen molar-refractivity contribution in [2.45, 2.75) is 0 Å². The summed E-state index contributed by atoms with van der Waals surface area (Å²) in [6.07, 6.45) is 0. The van der Waals surface area contributed by atoms with Gasteiger partial charge >= 0.3 is 0 Å². The molecule has 0 saturated heterocycles. The Morgan fingerprint density at radius 3 is 1.78 bits per heavy atom. The molecule has 230 valence electrons. The van der Waals surface area contributed by atoms with E-state index < -0.39 is 0 Å². The number of furan rings is 1. The lowest BCUT2D eigenvalue weighted by Crippen LogP contribution is -2.10. The van der Waals surface area contributed by atoms with Crippen molar-refractivity contribution >= 4 is 71.6 Å². The molecule has 10 aromatic rings. The highest BCUT2D eigenvalue weighted by atomic mass is 16.3. The summed E-state index contributed by atoms with van der Waals surface area (Å²) in [5.41, 5.74) is 10.9. The summed E-state index contributed by atoms with van der Waals surface area (Å²) in [5, 5.41) is 7.16. The largest absolute Gasteiger partial charge is 0.456 e. The molecule has 0 radical (unpaired) electrons. The van der Waals surface area contributed by atoms with Crippen LogP contribution >= 0.6 is 0 Å². The Kier molecular flexibility index (Phi) is 6.18. The van der Waals surface area contributed by atoms with E-state index >= 15 is 0 Å². The van der Waals surface area contributed by atoms with E-state index in [1.54, 1.807) is 0 Å². The fraction of sp³-hybridized carbons (Fsp3) is 0. The zero-order chi connectivity index (χ0) is 32.3. The summed E-state index contributed by atoms with van der Waals surface area (Å²) in [6, 6.07) is 65.1. The molecule has 0 atom stereocenters. The summed E-state index contributed by atoms with van der Waals surface area (Å²) < 4.78 is 8.64.